The summed E-state index contributed by atoms with van der Waals surface area (Å²) in [7, 11) is 0. The first-order valence-electron chi connectivity index (χ1n) is 11.3. The lowest BCUT2D eigenvalue weighted by Crippen LogP contribution is -2.42. The van der Waals surface area contributed by atoms with Crippen LogP contribution in [0, 0.1) is 0 Å². The summed E-state index contributed by atoms with van der Waals surface area (Å²) in [6.45, 7) is 5.00. The predicted octanol–water partition coefficient (Wildman–Crippen LogP) is 5.77. The maximum absolute atomic E-state index is 6.16. The molecule has 1 fully saturated rings. The summed E-state index contributed by atoms with van der Waals surface area (Å²) >= 11 is 0. The van der Waals surface area contributed by atoms with E-state index in [0.29, 0.717) is 5.92 Å². The molecule has 0 N–H and O–H groups in total. The lowest BCUT2D eigenvalue weighted by atomic mass is 9.70. The molecule has 1 unspecified atom stereocenters. The molecule has 0 amide bonds. The van der Waals surface area contributed by atoms with Crippen molar-refractivity contribution in [2.75, 3.05) is 26.2 Å². The highest BCUT2D eigenvalue weighted by molar-refractivity contribution is 5.45. The van der Waals surface area contributed by atoms with Gasteiger partial charge in [0.15, 0.2) is 0 Å². The molecule has 3 aromatic rings. The number of hydrogen-bond acceptors (Lipinski definition) is 2. The SMILES string of the molecule is c1ccc(C2CCN(CCC3(c4ccccc4)COCc4ccccc43)CC2)cc1. The molecule has 30 heavy (non-hydrogen) atoms. The van der Waals surface area contributed by atoms with Crippen molar-refractivity contribution in [1.82, 2.24) is 4.90 Å². The highest BCUT2D eigenvalue weighted by Gasteiger charge is 2.39. The van der Waals surface area contributed by atoms with Crippen molar-refractivity contribution < 1.29 is 4.74 Å². The van der Waals surface area contributed by atoms with Crippen molar-refractivity contribution >= 4 is 0 Å². The summed E-state index contributed by atoms with van der Waals surface area (Å²) in [6.07, 6.45) is 3.62. The monoisotopic (exact) mass is 397 g/mol. The van der Waals surface area contributed by atoms with Crippen LogP contribution in [-0.4, -0.2) is 31.1 Å². The van der Waals surface area contributed by atoms with Crippen LogP contribution in [0.3, 0.4) is 0 Å². The zero-order chi connectivity index (χ0) is 20.2. The fraction of sp³-hybridized carbons (Fsp3) is 0.357. The molecule has 2 aliphatic heterocycles. The van der Waals surface area contributed by atoms with Gasteiger partial charge in [-0.15, -0.1) is 0 Å². The molecule has 0 spiro atoms. The molecule has 3 aromatic carbocycles. The Morgan fingerprint density at radius 3 is 2.23 bits per heavy atom. The molecule has 1 atom stereocenters. The predicted molar refractivity (Wildman–Crippen MR) is 123 cm³/mol. The van der Waals surface area contributed by atoms with E-state index in [1.165, 1.54) is 48.2 Å². The van der Waals surface area contributed by atoms with Crippen LogP contribution in [-0.2, 0) is 16.8 Å². The van der Waals surface area contributed by atoms with Crippen molar-refractivity contribution in [1.29, 1.82) is 0 Å². The first kappa shape index (κ1) is 19.5. The molecule has 1 saturated heterocycles. The van der Waals surface area contributed by atoms with Gasteiger partial charge in [-0.25, -0.2) is 0 Å². The van der Waals surface area contributed by atoms with Crippen molar-refractivity contribution in [2.24, 2.45) is 0 Å². The van der Waals surface area contributed by atoms with Crippen LogP contribution in [0.5, 0.6) is 0 Å². The van der Waals surface area contributed by atoms with Gasteiger partial charge in [-0.3, -0.25) is 0 Å². The second kappa shape index (κ2) is 8.75. The third kappa shape index (κ3) is 3.82. The number of rotatable bonds is 5. The van der Waals surface area contributed by atoms with E-state index < -0.39 is 0 Å². The summed E-state index contributed by atoms with van der Waals surface area (Å²) in [5.74, 6) is 0.712. The van der Waals surface area contributed by atoms with E-state index in [1.54, 1.807) is 0 Å². The maximum Gasteiger partial charge on any atom is 0.0720 e. The number of benzene rings is 3. The van der Waals surface area contributed by atoms with E-state index in [2.05, 4.69) is 89.8 Å². The standard InChI is InChI=1S/C28H31NO/c1-3-9-23(10-4-1)24-15-18-29(19-16-24)20-17-28(26-12-5-2-6-13-26)22-30-21-25-11-7-8-14-27(25)28/h1-14,24H,15-22H2. The minimum atomic E-state index is -0.0492. The third-order valence-corrected chi connectivity index (χ3v) is 7.18. The Bertz CT molecular complexity index is 947. The van der Waals surface area contributed by atoms with Gasteiger partial charge in [0, 0.05) is 5.41 Å². The van der Waals surface area contributed by atoms with E-state index in [-0.39, 0.29) is 5.41 Å². The van der Waals surface area contributed by atoms with Crippen LogP contribution in [0.2, 0.25) is 0 Å². The average Bonchev–Trinajstić information content (AvgIpc) is 2.84. The van der Waals surface area contributed by atoms with Crippen LogP contribution in [0.1, 0.15) is 47.4 Å². The first-order chi connectivity index (χ1) is 14.9. The van der Waals surface area contributed by atoms with Crippen LogP contribution in [0.15, 0.2) is 84.9 Å². The molecule has 2 heterocycles. The highest BCUT2D eigenvalue weighted by atomic mass is 16.5. The van der Waals surface area contributed by atoms with Crippen LogP contribution >= 0.6 is 0 Å². The Balaban J connectivity index is 1.33. The largest absolute Gasteiger partial charge is 0.375 e. The van der Waals surface area contributed by atoms with E-state index in [9.17, 15) is 0 Å². The van der Waals surface area contributed by atoms with Crippen molar-refractivity contribution in [3.63, 3.8) is 0 Å². The number of nitrogens with zero attached hydrogens (tertiary/aromatic N) is 1. The second-order valence-electron chi connectivity index (χ2n) is 8.87. The molecule has 0 saturated carbocycles. The Hall–Kier alpha value is -2.42. The normalized spacial score (nSPS) is 22.5. The van der Waals surface area contributed by atoms with Gasteiger partial charge in [-0.05, 0) is 67.1 Å². The minimum Gasteiger partial charge on any atom is -0.375 e. The Morgan fingerprint density at radius 2 is 1.47 bits per heavy atom. The highest BCUT2D eigenvalue weighted by Crippen LogP contribution is 2.41. The molecule has 0 aliphatic carbocycles. The molecule has 2 nitrogen and oxygen atoms in total. The van der Waals surface area contributed by atoms with Crippen molar-refractivity contribution in [2.45, 2.75) is 37.2 Å². The average molecular weight is 398 g/mol. The molecule has 0 aromatic heterocycles. The summed E-state index contributed by atoms with van der Waals surface area (Å²) < 4.78 is 6.16. The summed E-state index contributed by atoms with van der Waals surface area (Å²) in [4.78, 5) is 2.67. The van der Waals surface area contributed by atoms with Gasteiger partial charge < -0.3 is 9.64 Å². The Morgan fingerprint density at radius 1 is 0.800 bits per heavy atom. The molecule has 2 heteroatoms. The number of ether oxygens (including phenoxy) is 1. The maximum atomic E-state index is 6.16. The van der Waals surface area contributed by atoms with Crippen LogP contribution < -0.4 is 0 Å². The fourth-order valence-electron chi connectivity index (χ4n) is 5.44. The fourth-order valence-corrected chi connectivity index (χ4v) is 5.44. The lowest BCUT2D eigenvalue weighted by molar-refractivity contribution is 0.0561. The Kier molecular flexibility index (Phi) is 5.70. The molecular weight excluding hydrogens is 366 g/mol. The number of piperidine rings is 1. The minimum absolute atomic E-state index is 0.0492. The van der Waals surface area contributed by atoms with Crippen molar-refractivity contribution in [3.05, 3.63) is 107 Å². The smallest absolute Gasteiger partial charge is 0.0720 e. The van der Waals surface area contributed by atoms with Crippen molar-refractivity contribution in [3.8, 4) is 0 Å². The zero-order valence-corrected chi connectivity index (χ0v) is 17.7. The molecule has 2 aliphatic rings. The van der Waals surface area contributed by atoms with Gasteiger partial charge in [-0.2, -0.15) is 0 Å². The summed E-state index contributed by atoms with van der Waals surface area (Å²) in [6, 6.07) is 30.9. The van der Waals surface area contributed by atoms with Gasteiger partial charge in [0.1, 0.15) is 0 Å². The van der Waals surface area contributed by atoms with Crippen LogP contribution in [0.4, 0.5) is 0 Å². The molecule has 5 rings (SSSR count). The zero-order valence-electron chi connectivity index (χ0n) is 17.7. The number of hydrogen-bond donors (Lipinski definition) is 0. The molecule has 0 bridgehead atoms. The van der Waals surface area contributed by atoms with Gasteiger partial charge in [0.2, 0.25) is 0 Å². The van der Waals surface area contributed by atoms with E-state index in [1.807, 2.05) is 0 Å². The van der Waals surface area contributed by atoms with E-state index >= 15 is 0 Å². The van der Waals surface area contributed by atoms with E-state index in [4.69, 9.17) is 4.74 Å². The lowest BCUT2D eigenvalue weighted by Gasteiger charge is -2.42. The van der Waals surface area contributed by atoms with Gasteiger partial charge in [0.25, 0.3) is 0 Å². The summed E-state index contributed by atoms with van der Waals surface area (Å²) in [5.41, 5.74) is 5.65. The molecule has 0 radical (unpaired) electrons. The van der Waals surface area contributed by atoms with Gasteiger partial charge in [0.05, 0.1) is 13.2 Å². The first-order valence-corrected chi connectivity index (χ1v) is 11.3. The Labute approximate surface area is 180 Å². The number of fused-ring (bicyclic) bond motifs is 1. The summed E-state index contributed by atoms with van der Waals surface area (Å²) in [5, 5.41) is 0. The van der Waals surface area contributed by atoms with Gasteiger partial charge >= 0.3 is 0 Å². The number of likely N-dealkylation sites (tertiary alicyclic amines) is 1. The quantitative estimate of drug-likeness (QED) is 0.542. The third-order valence-electron chi connectivity index (χ3n) is 7.18. The van der Waals surface area contributed by atoms with Crippen LogP contribution in [0.25, 0.3) is 0 Å². The van der Waals surface area contributed by atoms with E-state index in [0.717, 1.165) is 26.2 Å². The topological polar surface area (TPSA) is 12.5 Å². The second-order valence-corrected chi connectivity index (χ2v) is 8.87. The molecular formula is C28H31NO. The van der Waals surface area contributed by atoms with Gasteiger partial charge in [-0.1, -0.05) is 84.9 Å². The molecule has 154 valence electrons.